The molecule has 0 aliphatic carbocycles. The molecule has 6 rings (SSSR count). The van der Waals surface area contributed by atoms with Crippen molar-refractivity contribution in [1.29, 1.82) is 0 Å². The van der Waals surface area contributed by atoms with Crippen LogP contribution >= 0.6 is 0 Å². The molecule has 37 heavy (non-hydrogen) atoms. The fourth-order valence-electron chi connectivity index (χ4n) is 6.32. The number of nitrogens with zero attached hydrogens (tertiary/aromatic N) is 2. The Morgan fingerprint density at radius 3 is 2.54 bits per heavy atom. The van der Waals surface area contributed by atoms with E-state index in [2.05, 4.69) is 99.0 Å². The average Bonchev–Trinajstić information content (AvgIpc) is 3.07. The van der Waals surface area contributed by atoms with Crippen molar-refractivity contribution in [2.24, 2.45) is 0 Å². The van der Waals surface area contributed by atoms with E-state index in [4.69, 9.17) is 9.15 Å². The molecule has 0 bridgehead atoms. The lowest BCUT2D eigenvalue weighted by Crippen LogP contribution is -2.63. The molecule has 0 saturated heterocycles. The molecule has 2 aliphatic heterocycles. The summed E-state index contributed by atoms with van der Waals surface area (Å²) in [6.07, 6.45) is 0.415. The third-order valence-corrected chi connectivity index (χ3v) is 8.45. The summed E-state index contributed by atoms with van der Waals surface area (Å²) < 4.78 is 12.9. The Labute approximate surface area is 218 Å². The summed E-state index contributed by atoms with van der Waals surface area (Å²) in [6, 6.07) is 23.0. The summed E-state index contributed by atoms with van der Waals surface area (Å²) in [5.41, 5.74) is 5.64. The molecule has 190 valence electrons. The summed E-state index contributed by atoms with van der Waals surface area (Å²) in [5.74, 6) is 0.886. The lowest BCUT2D eigenvalue weighted by Gasteiger charge is -2.50. The van der Waals surface area contributed by atoms with Gasteiger partial charge in [-0.1, -0.05) is 35.9 Å². The van der Waals surface area contributed by atoms with Gasteiger partial charge in [0, 0.05) is 53.5 Å². The van der Waals surface area contributed by atoms with Crippen LogP contribution in [-0.2, 0) is 18.4 Å². The van der Waals surface area contributed by atoms with Gasteiger partial charge in [-0.05, 0) is 70.5 Å². The van der Waals surface area contributed by atoms with Crippen molar-refractivity contribution >= 4 is 22.3 Å². The Morgan fingerprint density at radius 2 is 1.76 bits per heavy atom. The Morgan fingerprint density at radius 1 is 0.973 bits per heavy atom. The van der Waals surface area contributed by atoms with Gasteiger partial charge in [-0.15, -0.1) is 0 Å². The maximum Gasteiger partial charge on any atom is 0.339 e. The zero-order valence-electron chi connectivity index (χ0n) is 22.3. The molecule has 0 spiro atoms. The van der Waals surface area contributed by atoms with Gasteiger partial charge >= 0.3 is 5.63 Å². The van der Waals surface area contributed by atoms with Crippen molar-refractivity contribution in [2.45, 2.75) is 58.7 Å². The second-order valence-corrected chi connectivity index (χ2v) is 10.9. The third-order valence-electron chi connectivity index (χ3n) is 8.45. The summed E-state index contributed by atoms with van der Waals surface area (Å²) in [7, 11) is 0. The highest BCUT2D eigenvalue weighted by Gasteiger charge is 2.61. The molecule has 0 N–H and O–H groups in total. The molecule has 3 heterocycles. The predicted octanol–water partition coefficient (Wildman–Crippen LogP) is 6.58. The first-order chi connectivity index (χ1) is 17.8. The number of ether oxygens (including phenoxy) is 1. The Bertz CT molecular complexity index is 1570. The second kappa shape index (κ2) is 8.41. The lowest BCUT2D eigenvalue weighted by atomic mass is 9.74. The molecule has 4 aromatic rings. The zero-order chi connectivity index (χ0) is 25.9. The van der Waals surface area contributed by atoms with Gasteiger partial charge in [0.15, 0.2) is 5.72 Å². The van der Waals surface area contributed by atoms with Gasteiger partial charge in [0.2, 0.25) is 0 Å². The minimum atomic E-state index is -0.761. The molecular weight excluding hydrogens is 460 g/mol. The van der Waals surface area contributed by atoms with Crippen molar-refractivity contribution in [2.75, 3.05) is 22.9 Å². The summed E-state index contributed by atoms with van der Waals surface area (Å²) in [5, 5.41) is 0.925. The van der Waals surface area contributed by atoms with Gasteiger partial charge in [0.05, 0.1) is 12.0 Å². The number of hydrogen-bond donors (Lipinski definition) is 0. The number of aryl methyl sites for hydroxylation is 1. The molecule has 5 heteroatoms. The molecule has 2 aliphatic rings. The maximum atomic E-state index is 13.4. The van der Waals surface area contributed by atoms with Crippen molar-refractivity contribution in [3.05, 3.63) is 99.4 Å². The van der Waals surface area contributed by atoms with Gasteiger partial charge < -0.3 is 19.0 Å². The third kappa shape index (κ3) is 3.47. The normalized spacial score (nSPS) is 19.2. The summed E-state index contributed by atoms with van der Waals surface area (Å²) >= 11 is 0. The maximum absolute atomic E-state index is 13.4. The number of fused-ring (bicyclic) bond motifs is 5. The van der Waals surface area contributed by atoms with Gasteiger partial charge in [-0.3, -0.25) is 0 Å². The highest BCUT2D eigenvalue weighted by Crippen LogP contribution is 2.56. The minimum absolute atomic E-state index is 0.302. The van der Waals surface area contributed by atoms with Gasteiger partial charge in [-0.2, -0.15) is 0 Å². The molecule has 1 atom stereocenters. The largest absolute Gasteiger partial charge is 0.466 e. The number of para-hydroxylation sites is 1. The standard InChI is InChI=1S/C32H34N2O3/c1-6-33(7-2)25-14-13-22-17-23(30(35)36-29(22)18-25)19-32-31(4,5)26-10-8-9-11-27(26)34(32)20-24-16-21(3)12-15-28(24)37-32/h8-18H,6-7,19-20H2,1-5H3. The number of rotatable bonds is 5. The highest BCUT2D eigenvalue weighted by molar-refractivity contribution is 5.81. The van der Waals surface area contributed by atoms with E-state index in [-0.39, 0.29) is 11.0 Å². The number of anilines is 2. The fraction of sp³-hybridized carbons (Fsp3) is 0.344. The first kappa shape index (κ1) is 23.7. The van der Waals surface area contributed by atoms with Crippen LogP contribution in [0, 0.1) is 6.92 Å². The van der Waals surface area contributed by atoms with Crippen molar-refractivity contribution in [3.8, 4) is 5.75 Å². The average molecular weight is 495 g/mol. The zero-order valence-corrected chi connectivity index (χ0v) is 22.3. The smallest absolute Gasteiger partial charge is 0.339 e. The molecule has 3 aromatic carbocycles. The molecular formula is C32H34N2O3. The van der Waals surface area contributed by atoms with Crippen molar-refractivity contribution in [3.63, 3.8) is 0 Å². The van der Waals surface area contributed by atoms with Crippen LogP contribution in [0.1, 0.15) is 49.9 Å². The van der Waals surface area contributed by atoms with Gasteiger partial charge in [0.25, 0.3) is 0 Å². The molecule has 0 radical (unpaired) electrons. The summed E-state index contributed by atoms with van der Waals surface area (Å²) in [4.78, 5) is 18.0. The van der Waals surface area contributed by atoms with Crippen LogP contribution in [0.15, 0.2) is 75.9 Å². The van der Waals surface area contributed by atoms with E-state index in [1.54, 1.807) is 0 Å². The van der Waals surface area contributed by atoms with Crippen LogP contribution in [0.3, 0.4) is 0 Å². The van der Waals surface area contributed by atoms with E-state index < -0.39 is 5.72 Å². The molecule has 1 unspecified atom stereocenters. The molecule has 1 aromatic heterocycles. The van der Waals surface area contributed by atoms with Crippen LogP contribution in [-0.4, -0.2) is 18.8 Å². The minimum Gasteiger partial charge on any atom is -0.466 e. The van der Waals surface area contributed by atoms with Crippen LogP contribution in [0.2, 0.25) is 0 Å². The SMILES string of the molecule is CCN(CC)c1ccc2cc(CC34Oc5ccc(C)cc5CN3c3ccccc3C4(C)C)c(=O)oc2c1. The monoisotopic (exact) mass is 494 g/mol. The molecule has 0 fully saturated rings. The van der Waals surface area contributed by atoms with Crippen LogP contribution in [0.5, 0.6) is 5.75 Å². The van der Waals surface area contributed by atoms with E-state index in [1.165, 1.54) is 11.1 Å². The summed E-state index contributed by atoms with van der Waals surface area (Å²) in [6.45, 7) is 13.3. The van der Waals surface area contributed by atoms with Crippen LogP contribution in [0.4, 0.5) is 11.4 Å². The van der Waals surface area contributed by atoms with E-state index >= 15 is 0 Å². The van der Waals surface area contributed by atoms with Crippen molar-refractivity contribution < 1.29 is 9.15 Å². The predicted molar refractivity (Wildman–Crippen MR) is 150 cm³/mol. The topological polar surface area (TPSA) is 45.9 Å². The van der Waals surface area contributed by atoms with E-state index in [0.717, 1.165) is 47.7 Å². The highest BCUT2D eigenvalue weighted by atomic mass is 16.5. The van der Waals surface area contributed by atoms with Gasteiger partial charge in [-0.25, -0.2) is 4.79 Å². The Hall–Kier alpha value is -3.73. The molecule has 5 nitrogen and oxygen atoms in total. The molecule has 0 amide bonds. The van der Waals surface area contributed by atoms with E-state index in [0.29, 0.717) is 17.6 Å². The van der Waals surface area contributed by atoms with Crippen LogP contribution < -0.4 is 20.2 Å². The van der Waals surface area contributed by atoms with Gasteiger partial charge in [0.1, 0.15) is 11.3 Å². The lowest BCUT2D eigenvalue weighted by molar-refractivity contribution is -0.00351. The quantitative estimate of drug-likeness (QED) is 0.293. The first-order valence-corrected chi connectivity index (χ1v) is 13.2. The number of benzene rings is 3. The van der Waals surface area contributed by atoms with E-state index in [9.17, 15) is 4.79 Å². The Balaban J connectivity index is 1.48. The molecule has 0 saturated carbocycles. The van der Waals surface area contributed by atoms with Crippen LogP contribution in [0.25, 0.3) is 11.0 Å². The second-order valence-electron chi connectivity index (χ2n) is 10.9. The Kier molecular flexibility index (Phi) is 5.37. The first-order valence-electron chi connectivity index (χ1n) is 13.2. The fourth-order valence-corrected chi connectivity index (χ4v) is 6.32. The van der Waals surface area contributed by atoms with Crippen molar-refractivity contribution in [1.82, 2.24) is 0 Å². The number of hydrogen-bond acceptors (Lipinski definition) is 5. The van der Waals surface area contributed by atoms with E-state index in [1.807, 2.05) is 12.1 Å².